The van der Waals surface area contributed by atoms with Crippen LogP contribution in [-0.2, 0) is 10.1 Å². The number of nitriles is 1. The van der Waals surface area contributed by atoms with Gasteiger partial charge in [0.25, 0.3) is 5.56 Å². The first-order valence-electron chi connectivity index (χ1n) is 7.45. The van der Waals surface area contributed by atoms with Crippen LogP contribution < -0.4 is 5.56 Å². The van der Waals surface area contributed by atoms with Crippen LogP contribution in [0.3, 0.4) is 0 Å². The number of halogens is 5. The molecule has 0 aliphatic rings. The average Bonchev–Trinajstić information content (AvgIpc) is 2.64. The minimum Gasteiger partial charge on any atom is -0.385 e. The smallest absolute Gasteiger partial charge is 0.362 e. The number of carbonyl (C=O) groups is 1. The summed E-state index contributed by atoms with van der Waals surface area (Å²) in [6.45, 7) is 2.78. The predicted molar refractivity (Wildman–Crippen MR) is 105 cm³/mol. The standard InChI is InChI=1S/C14H5Cl3F2N2O2S.C3H8O/c15-8-2-1-6(4-20)11(16)12(8)24-9-3-10(14(17,18)19)21-13(23)7(9)5-22;1-3-4-2/h1-3,5H,(H,21,23);3H2,1-2H3. The molecular weight excluding hydrogens is 457 g/mol. The van der Waals surface area contributed by atoms with Crippen LogP contribution in [0.25, 0.3) is 0 Å². The maximum atomic E-state index is 13.3. The molecule has 1 N–H and O–H groups in total. The number of H-pyrrole nitrogens is 1. The molecule has 0 aliphatic carbocycles. The summed E-state index contributed by atoms with van der Waals surface area (Å²) in [5.41, 5.74) is -2.21. The number of aldehydes is 1. The molecule has 1 aromatic carbocycles. The van der Waals surface area contributed by atoms with Crippen molar-refractivity contribution < 1.29 is 18.3 Å². The van der Waals surface area contributed by atoms with E-state index in [2.05, 4.69) is 4.74 Å². The van der Waals surface area contributed by atoms with Crippen molar-refractivity contribution in [3.63, 3.8) is 0 Å². The van der Waals surface area contributed by atoms with Gasteiger partial charge in [0.1, 0.15) is 11.8 Å². The molecule has 1 aromatic heterocycles. The molecule has 5 nitrogen and oxygen atoms in total. The van der Waals surface area contributed by atoms with E-state index in [-0.39, 0.29) is 37.2 Å². The van der Waals surface area contributed by atoms with E-state index in [1.54, 1.807) is 7.11 Å². The predicted octanol–water partition coefficient (Wildman–Crippen LogP) is 5.46. The number of aromatic amines is 1. The second-order valence-corrected chi connectivity index (χ2v) is 7.25. The highest BCUT2D eigenvalue weighted by atomic mass is 35.5. The Balaban J connectivity index is 0.000000892. The Labute approximate surface area is 178 Å². The third kappa shape index (κ3) is 6.19. The van der Waals surface area contributed by atoms with Crippen molar-refractivity contribution >= 4 is 52.9 Å². The van der Waals surface area contributed by atoms with E-state index in [1.165, 1.54) is 12.1 Å². The Hall–Kier alpha value is -1.63. The van der Waals surface area contributed by atoms with Gasteiger partial charge in [0, 0.05) is 18.6 Å². The lowest BCUT2D eigenvalue weighted by atomic mass is 10.2. The van der Waals surface area contributed by atoms with Crippen molar-refractivity contribution in [2.45, 2.75) is 22.1 Å². The Morgan fingerprint density at radius 3 is 2.46 bits per heavy atom. The molecule has 2 aromatic rings. The number of methoxy groups -OCH3 is 1. The minimum absolute atomic E-state index is 0.0219. The number of benzene rings is 1. The van der Waals surface area contributed by atoms with Crippen LogP contribution in [0.1, 0.15) is 28.5 Å². The molecule has 0 radical (unpaired) electrons. The fourth-order valence-corrected chi connectivity index (χ4v) is 3.48. The van der Waals surface area contributed by atoms with Gasteiger partial charge in [0.2, 0.25) is 0 Å². The van der Waals surface area contributed by atoms with E-state index in [0.29, 0.717) is 11.8 Å². The Bertz CT molecular complexity index is 954. The molecule has 1 heterocycles. The lowest BCUT2D eigenvalue weighted by molar-refractivity contribution is 0.0891. The van der Waals surface area contributed by atoms with Crippen molar-refractivity contribution in [1.29, 1.82) is 5.26 Å². The summed E-state index contributed by atoms with van der Waals surface area (Å²) >= 11 is 17.7. The number of pyridine rings is 1. The lowest BCUT2D eigenvalue weighted by Crippen LogP contribution is -2.20. The molecule has 0 fully saturated rings. The zero-order valence-electron chi connectivity index (χ0n) is 14.5. The molecule has 0 spiro atoms. The van der Waals surface area contributed by atoms with Crippen LogP contribution in [0.5, 0.6) is 0 Å². The highest BCUT2D eigenvalue weighted by Gasteiger charge is 2.31. The summed E-state index contributed by atoms with van der Waals surface area (Å²) in [6.07, 6.45) is 0.216. The lowest BCUT2D eigenvalue weighted by Gasteiger charge is -2.13. The molecule has 0 amide bonds. The highest BCUT2D eigenvalue weighted by Crippen LogP contribution is 2.42. The average molecular weight is 470 g/mol. The van der Waals surface area contributed by atoms with Crippen LogP contribution in [0, 0.1) is 11.3 Å². The van der Waals surface area contributed by atoms with Crippen molar-refractivity contribution in [3.05, 3.63) is 55.4 Å². The third-order valence-electron chi connectivity index (χ3n) is 3.13. The van der Waals surface area contributed by atoms with Gasteiger partial charge in [-0.3, -0.25) is 9.59 Å². The van der Waals surface area contributed by atoms with Gasteiger partial charge in [-0.05, 0) is 36.7 Å². The zero-order chi connectivity index (χ0) is 21.5. The molecule has 0 bridgehead atoms. The van der Waals surface area contributed by atoms with Gasteiger partial charge in [-0.15, -0.1) is 0 Å². The fraction of sp³-hybridized carbons (Fsp3) is 0.235. The maximum Gasteiger partial charge on any atom is 0.362 e. The zero-order valence-corrected chi connectivity index (χ0v) is 17.6. The Kier molecular flexibility index (Phi) is 9.40. The van der Waals surface area contributed by atoms with E-state index >= 15 is 0 Å². The first-order valence-corrected chi connectivity index (χ1v) is 9.40. The molecule has 28 heavy (non-hydrogen) atoms. The Morgan fingerprint density at radius 1 is 1.39 bits per heavy atom. The molecule has 0 aliphatic heterocycles. The number of hydrogen-bond acceptors (Lipinski definition) is 5. The second-order valence-electron chi connectivity index (χ2n) is 4.93. The fourth-order valence-electron chi connectivity index (χ4n) is 1.72. The van der Waals surface area contributed by atoms with E-state index in [4.69, 9.17) is 40.1 Å². The van der Waals surface area contributed by atoms with Crippen molar-refractivity contribution in [3.8, 4) is 6.07 Å². The molecule has 0 unspecified atom stereocenters. The summed E-state index contributed by atoms with van der Waals surface area (Å²) in [5.74, 6) is 0. The third-order valence-corrected chi connectivity index (χ3v) is 5.45. The normalized spacial score (nSPS) is 10.6. The SMILES string of the molecule is CCOC.N#Cc1ccc(Cl)c(Sc2cc(C(F)(F)Cl)[nH]c(=O)c2C=O)c1Cl. The number of rotatable bonds is 5. The van der Waals surface area contributed by atoms with Crippen molar-refractivity contribution in [2.24, 2.45) is 0 Å². The van der Waals surface area contributed by atoms with E-state index in [1.807, 2.05) is 18.0 Å². The van der Waals surface area contributed by atoms with Gasteiger partial charge in [0.05, 0.1) is 26.1 Å². The van der Waals surface area contributed by atoms with Gasteiger partial charge in [-0.2, -0.15) is 14.0 Å². The number of hydrogen-bond donors (Lipinski definition) is 1. The Morgan fingerprint density at radius 2 is 2.00 bits per heavy atom. The van der Waals surface area contributed by atoms with Crippen LogP contribution >= 0.6 is 46.6 Å². The van der Waals surface area contributed by atoms with Gasteiger partial charge >= 0.3 is 5.38 Å². The van der Waals surface area contributed by atoms with Gasteiger partial charge < -0.3 is 9.72 Å². The first kappa shape index (κ1) is 24.4. The number of aromatic nitrogens is 1. The largest absolute Gasteiger partial charge is 0.385 e. The summed E-state index contributed by atoms with van der Waals surface area (Å²) in [7, 11) is 1.68. The molecule has 11 heteroatoms. The number of nitrogens with zero attached hydrogens (tertiary/aromatic N) is 1. The summed E-state index contributed by atoms with van der Waals surface area (Å²) in [6, 6.07) is 5.47. The second kappa shape index (κ2) is 10.8. The van der Waals surface area contributed by atoms with Gasteiger partial charge in [-0.25, -0.2) is 0 Å². The summed E-state index contributed by atoms with van der Waals surface area (Å²) in [4.78, 5) is 24.8. The highest BCUT2D eigenvalue weighted by molar-refractivity contribution is 7.99. The van der Waals surface area contributed by atoms with Crippen LogP contribution in [0.4, 0.5) is 8.78 Å². The molecule has 0 saturated heterocycles. The quantitative estimate of drug-likeness (QED) is 0.464. The van der Waals surface area contributed by atoms with Crippen LogP contribution in [0.2, 0.25) is 10.0 Å². The topological polar surface area (TPSA) is 82.9 Å². The number of nitrogens with one attached hydrogen (secondary N) is 1. The number of alkyl halides is 3. The molecule has 0 saturated carbocycles. The van der Waals surface area contributed by atoms with Crippen LogP contribution in [-0.4, -0.2) is 25.0 Å². The van der Waals surface area contributed by atoms with Gasteiger partial charge in [0.15, 0.2) is 6.29 Å². The van der Waals surface area contributed by atoms with E-state index in [9.17, 15) is 18.4 Å². The van der Waals surface area contributed by atoms with Crippen molar-refractivity contribution in [2.75, 3.05) is 13.7 Å². The van der Waals surface area contributed by atoms with E-state index < -0.39 is 16.6 Å². The van der Waals surface area contributed by atoms with E-state index in [0.717, 1.165) is 12.7 Å². The van der Waals surface area contributed by atoms with Gasteiger partial charge in [-0.1, -0.05) is 35.0 Å². The molecule has 150 valence electrons. The molecule has 0 atom stereocenters. The number of carbonyl (C=O) groups excluding carboxylic acids is 1. The summed E-state index contributed by atoms with van der Waals surface area (Å²) in [5, 5.41) is 5.25. The van der Waals surface area contributed by atoms with Crippen molar-refractivity contribution in [1.82, 2.24) is 4.98 Å². The monoisotopic (exact) mass is 468 g/mol. The first-order chi connectivity index (χ1) is 13.1. The maximum absolute atomic E-state index is 13.3. The molecule has 2 rings (SSSR count). The number of ether oxygens (including phenoxy) is 1. The molecular formula is C17H13Cl3F2N2O3S. The minimum atomic E-state index is -3.84. The summed E-state index contributed by atoms with van der Waals surface area (Å²) < 4.78 is 31.1. The van der Waals surface area contributed by atoms with Crippen LogP contribution in [0.15, 0.2) is 32.8 Å².